The van der Waals surface area contributed by atoms with Crippen molar-refractivity contribution in [3.8, 4) is 0 Å². The van der Waals surface area contributed by atoms with Gasteiger partial charge in [-0.1, -0.05) is 58.4 Å². The molecule has 0 spiro atoms. The summed E-state index contributed by atoms with van der Waals surface area (Å²) in [6.45, 7) is 2.87. The van der Waals surface area contributed by atoms with Crippen LogP contribution >= 0.6 is 15.9 Å². The van der Waals surface area contributed by atoms with Gasteiger partial charge in [0, 0.05) is 17.4 Å². The van der Waals surface area contributed by atoms with Crippen molar-refractivity contribution >= 4 is 27.7 Å². The zero-order chi connectivity index (χ0) is 19.6. The Morgan fingerprint density at radius 3 is 2.32 bits per heavy atom. The van der Waals surface area contributed by atoms with Crippen molar-refractivity contribution < 1.29 is 9.59 Å². The highest BCUT2D eigenvalue weighted by molar-refractivity contribution is 9.10. The number of nitrogens with one attached hydrogen (secondary N) is 1. The van der Waals surface area contributed by atoms with Crippen LogP contribution in [0.1, 0.15) is 36.8 Å². The highest BCUT2D eigenvalue weighted by atomic mass is 79.9. The van der Waals surface area contributed by atoms with E-state index in [9.17, 15) is 9.59 Å². The third-order valence-corrected chi connectivity index (χ3v) is 6.83. The Hall–Kier alpha value is -1.98. The largest absolute Gasteiger partial charge is 0.299 e. The van der Waals surface area contributed by atoms with Crippen molar-refractivity contribution in [3.63, 3.8) is 0 Å². The van der Waals surface area contributed by atoms with Gasteiger partial charge in [0.25, 0.3) is 0 Å². The van der Waals surface area contributed by atoms with Crippen LogP contribution in [0.2, 0.25) is 0 Å². The molecule has 2 heterocycles. The Kier molecular flexibility index (Phi) is 5.65. The molecular weight excluding hydrogens is 416 g/mol. The maximum atomic E-state index is 13.1. The number of benzene rings is 2. The van der Waals surface area contributed by atoms with Crippen LogP contribution < -0.4 is 5.32 Å². The minimum absolute atomic E-state index is 0.110. The van der Waals surface area contributed by atoms with Crippen molar-refractivity contribution in [2.45, 2.75) is 37.6 Å². The number of nitrogens with zero attached hydrogens (tertiary/aromatic N) is 1. The Labute approximate surface area is 174 Å². The predicted molar refractivity (Wildman–Crippen MR) is 113 cm³/mol. The van der Waals surface area contributed by atoms with Gasteiger partial charge in [0.1, 0.15) is 0 Å². The average Bonchev–Trinajstić information content (AvgIpc) is 2.72. The highest BCUT2D eigenvalue weighted by Gasteiger charge is 2.50. The van der Waals surface area contributed by atoms with E-state index in [2.05, 4.69) is 50.4 Å². The molecule has 4 rings (SSSR count). The van der Waals surface area contributed by atoms with Crippen molar-refractivity contribution in [1.82, 2.24) is 10.2 Å². The molecule has 2 aliphatic rings. The SMILES string of the molecule is O=C1CC[C@](c2ccccc2)(C2CCN(Cc3ccc(Br)cc3)CC2)C(=O)N1. The number of likely N-dealkylation sites (tertiary alicyclic amines) is 1. The molecule has 2 aliphatic heterocycles. The average molecular weight is 441 g/mol. The second-order valence-electron chi connectivity index (χ2n) is 7.89. The zero-order valence-electron chi connectivity index (χ0n) is 15.9. The lowest BCUT2D eigenvalue weighted by atomic mass is 9.62. The Morgan fingerprint density at radius 1 is 1.00 bits per heavy atom. The molecule has 2 amide bonds. The lowest BCUT2D eigenvalue weighted by molar-refractivity contribution is -0.140. The van der Waals surface area contributed by atoms with E-state index in [1.165, 1.54) is 5.56 Å². The molecule has 2 fully saturated rings. The molecule has 28 heavy (non-hydrogen) atoms. The van der Waals surface area contributed by atoms with E-state index >= 15 is 0 Å². The molecule has 5 heteroatoms. The molecule has 2 saturated heterocycles. The molecule has 1 atom stereocenters. The molecule has 0 saturated carbocycles. The summed E-state index contributed by atoms with van der Waals surface area (Å²) in [5, 5.41) is 2.63. The Balaban J connectivity index is 1.51. The molecule has 0 bridgehead atoms. The second-order valence-corrected chi connectivity index (χ2v) is 8.81. The van der Waals surface area contributed by atoms with Gasteiger partial charge in [0.2, 0.25) is 11.8 Å². The number of imide groups is 1. The van der Waals surface area contributed by atoms with E-state index in [0.717, 1.165) is 42.5 Å². The van der Waals surface area contributed by atoms with Crippen molar-refractivity contribution in [1.29, 1.82) is 0 Å². The zero-order valence-corrected chi connectivity index (χ0v) is 17.5. The van der Waals surface area contributed by atoms with Gasteiger partial charge in [0.05, 0.1) is 5.41 Å². The summed E-state index contributed by atoms with van der Waals surface area (Å²) in [7, 11) is 0. The summed E-state index contributed by atoms with van der Waals surface area (Å²) in [4.78, 5) is 27.4. The molecule has 1 N–H and O–H groups in total. The molecule has 0 unspecified atom stereocenters. The second kappa shape index (κ2) is 8.18. The molecule has 0 aliphatic carbocycles. The van der Waals surface area contributed by atoms with Gasteiger partial charge in [-0.15, -0.1) is 0 Å². The van der Waals surface area contributed by atoms with Gasteiger partial charge in [-0.2, -0.15) is 0 Å². The lowest BCUT2D eigenvalue weighted by Gasteiger charge is -2.45. The first-order valence-corrected chi connectivity index (χ1v) is 10.7. The Morgan fingerprint density at radius 2 is 1.68 bits per heavy atom. The van der Waals surface area contributed by atoms with Crippen molar-refractivity contribution in [2.75, 3.05) is 13.1 Å². The first kappa shape index (κ1) is 19.3. The third-order valence-electron chi connectivity index (χ3n) is 6.30. The first-order valence-electron chi connectivity index (χ1n) is 9.94. The monoisotopic (exact) mass is 440 g/mol. The fraction of sp³-hybridized carbons (Fsp3) is 0.391. The van der Waals surface area contributed by atoms with Crippen LogP contribution in [0.5, 0.6) is 0 Å². The highest BCUT2D eigenvalue weighted by Crippen LogP contribution is 2.44. The number of halogens is 1. The quantitative estimate of drug-likeness (QED) is 0.729. The summed E-state index contributed by atoms with van der Waals surface area (Å²) in [6, 6.07) is 18.5. The van der Waals surface area contributed by atoms with Crippen LogP contribution in [0.4, 0.5) is 0 Å². The van der Waals surface area contributed by atoms with Gasteiger partial charge in [-0.3, -0.25) is 19.8 Å². The number of hydrogen-bond acceptors (Lipinski definition) is 3. The maximum absolute atomic E-state index is 13.1. The number of piperidine rings is 2. The van der Waals surface area contributed by atoms with Crippen LogP contribution in [0.25, 0.3) is 0 Å². The Bertz CT molecular complexity index is 845. The van der Waals surface area contributed by atoms with Crippen LogP contribution in [0.3, 0.4) is 0 Å². The van der Waals surface area contributed by atoms with Crippen molar-refractivity contribution in [2.24, 2.45) is 5.92 Å². The van der Waals surface area contributed by atoms with Gasteiger partial charge < -0.3 is 0 Å². The summed E-state index contributed by atoms with van der Waals surface area (Å²) < 4.78 is 1.10. The fourth-order valence-corrected chi connectivity index (χ4v) is 5.06. The fourth-order valence-electron chi connectivity index (χ4n) is 4.79. The van der Waals surface area contributed by atoms with Crippen LogP contribution in [0, 0.1) is 5.92 Å². The maximum Gasteiger partial charge on any atom is 0.237 e. The summed E-state index contributed by atoms with van der Waals surface area (Å²) in [5.74, 6) is -0.00490. The topological polar surface area (TPSA) is 49.4 Å². The van der Waals surface area contributed by atoms with E-state index in [-0.39, 0.29) is 17.7 Å². The summed E-state index contributed by atoms with van der Waals surface area (Å²) in [5.41, 5.74) is 1.77. The van der Waals surface area contributed by atoms with E-state index in [4.69, 9.17) is 0 Å². The number of rotatable bonds is 4. The molecular formula is C23H25BrN2O2. The van der Waals surface area contributed by atoms with E-state index in [1.807, 2.05) is 30.3 Å². The summed E-state index contributed by atoms with van der Waals surface area (Å²) >= 11 is 3.49. The van der Waals surface area contributed by atoms with Gasteiger partial charge in [-0.05, 0) is 61.5 Å². The number of hydrogen-bond donors (Lipinski definition) is 1. The predicted octanol–water partition coefficient (Wildman–Crippen LogP) is 4.04. The molecule has 0 radical (unpaired) electrons. The van der Waals surface area contributed by atoms with Gasteiger partial charge in [-0.25, -0.2) is 0 Å². The number of carbonyl (C=O) groups is 2. The van der Waals surface area contributed by atoms with Gasteiger partial charge >= 0.3 is 0 Å². The van der Waals surface area contributed by atoms with E-state index < -0.39 is 5.41 Å². The van der Waals surface area contributed by atoms with Crippen LogP contribution in [-0.2, 0) is 21.5 Å². The molecule has 146 valence electrons. The van der Waals surface area contributed by atoms with E-state index in [1.54, 1.807) is 0 Å². The molecule has 0 aromatic heterocycles. The smallest absolute Gasteiger partial charge is 0.237 e. The lowest BCUT2D eigenvalue weighted by Crippen LogP contribution is -2.57. The van der Waals surface area contributed by atoms with E-state index in [0.29, 0.717) is 12.8 Å². The standard InChI is InChI=1S/C23H25BrN2O2/c24-20-8-6-17(7-9-20)16-26-14-11-19(12-15-26)23(18-4-2-1-3-5-18)13-10-21(27)25-22(23)28/h1-9,19H,10-16H2,(H,25,27,28)/t23-/m0/s1. The summed E-state index contributed by atoms with van der Waals surface area (Å²) in [6.07, 6.45) is 2.96. The normalized spacial score (nSPS) is 24.2. The number of carbonyl (C=O) groups excluding carboxylic acids is 2. The minimum atomic E-state index is -0.584. The molecule has 4 nitrogen and oxygen atoms in total. The van der Waals surface area contributed by atoms with Gasteiger partial charge in [0.15, 0.2) is 0 Å². The number of amides is 2. The third kappa shape index (κ3) is 3.78. The van der Waals surface area contributed by atoms with Crippen LogP contribution in [0.15, 0.2) is 59.1 Å². The first-order chi connectivity index (χ1) is 13.6. The minimum Gasteiger partial charge on any atom is -0.299 e. The van der Waals surface area contributed by atoms with Crippen LogP contribution in [-0.4, -0.2) is 29.8 Å². The molecule has 2 aromatic carbocycles. The molecule has 2 aromatic rings. The van der Waals surface area contributed by atoms with Crippen molar-refractivity contribution in [3.05, 3.63) is 70.2 Å².